The first-order valence-electron chi connectivity index (χ1n) is 11.6. The van der Waals surface area contributed by atoms with E-state index < -0.39 is 5.60 Å². The van der Waals surface area contributed by atoms with Crippen LogP contribution in [0.5, 0.6) is 5.75 Å². The van der Waals surface area contributed by atoms with Crippen molar-refractivity contribution in [3.63, 3.8) is 0 Å². The van der Waals surface area contributed by atoms with Crippen LogP contribution in [0.15, 0.2) is 24.3 Å². The largest absolute Gasteiger partial charge is 0.478 e. The molecule has 172 valence electrons. The van der Waals surface area contributed by atoms with Gasteiger partial charge < -0.3 is 19.9 Å². The van der Waals surface area contributed by atoms with Crippen LogP contribution in [0.25, 0.3) is 0 Å². The Balaban J connectivity index is 1.51. The maximum Gasteiger partial charge on any atom is 0.266 e. The summed E-state index contributed by atoms with van der Waals surface area (Å²) >= 11 is 0. The summed E-state index contributed by atoms with van der Waals surface area (Å²) in [5.41, 5.74) is 2.51. The number of nitrogens with zero attached hydrogens (tertiary/aromatic N) is 4. The van der Waals surface area contributed by atoms with Gasteiger partial charge in [0, 0.05) is 51.1 Å². The van der Waals surface area contributed by atoms with Crippen LogP contribution in [0.3, 0.4) is 0 Å². The van der Waals surface area contributed by atoms with Gasteiger partial charge >= 0.3 is 0 Å². The average molecular weight is 438 g/mol. The van der Waals surface area contributed by atoms with Crippen molar-refractivity contribution in [2.75, 3.05) is 39.0 Å². The van der Waals surface area contributed by atoms with Gasteiger partial charge in [0.1, 0.15) is 17.4 Å². The van der Waals surface area contributed by atoms with Crippen LogP contribution in [0, 0.1) is 6.92 Å². The predicted octanol–water partition coefficient (Wildman–Crippen LogP) is 3.38. The number of anilines is 1. The van der Waals surface area contributed by atoms with Crippen molar-refractivity contribution in [3.8, 4) is 5.75 Å². The first kappa shape index (κ1) is 22.5. The van der Waals surface area contributed by atoms with Crippen LogP contribution >= 0.6 is 0 Å². The third kappa shape index (κ3) is 4.72. The number of benzene rings is 1. The molecule has 1 aromatic carbocycles. The van der Waals surface area contributed by atoms with E-state index in [9.17, 15) is 4.79 Å². The molecule has 0 radical (unpaired) electrons. The number of hydrogen-bond donors (Lipinski definition) is 1. The van der Waals surface area contributed by atoms with Gasteiger partial charge in [-0.05, 0) is 58.4 Å². The molecule has 0 aliphatic carbocycles. The molecule has 0 unspecified atom stereocenters. The summed E-state index contributed by atoms with van der Waals surface area (Å²) in [7, 11) is 4.05. The van der Waals surface area contributed by atoms with Gasteiger partial charge in [-0.25, -0.2) is 9.97 Å². The van der Waals surface area contributed by atoms with Gasteiger partial charge in [0.2, 0.25) is 0 Å². The maximum absolute atomic E-state index is 13.4. The SMILES string of the molecule is CNc1nc([C@@H]2CCCN(C(=O)C(C)(C)Oc3cccc(C)c3)C2)nc2c1CN(C)CC2. The Morgan fingerprint density at radius 1 is 1.25 bits per heavy atom. The highest BCUT2D eigenvalue weighted by molar-refractivity contribution is 5.85. The third-order valence-electron chi connectivity index (χ3n) is 6.46. The fourth-order valence-electron chi connectivity index (χ4n) is 4.73. The molecule has 2 aromatic rings. The summed E-state index contributed by atoms with van der Waals surface area (Å²) in [5.74, 6) is 2.64. The van der Waals surface area contributed by atoms with E-state index in [-0.39, 0.29) is 11.8 Å². The number of aryl methyl sites for hydroxylation is 1. The van der Waals surface area contributed by atoms with Crippen LogP contribution in [0.4, 0.5) is 5.82 Å². The molecule has 1 aromatic heterocycles. The molecule has 1 N–H and O–H groups in total. The number of aromatic nitrogens is 2. The second-order valence-corrected chi connectivity index (χ2v) is 9.61. The summed E-state index contributed by atoms with van der Waals surface area (Å²) in [6.07, 6.45) is 2.86. The number of carbonyl (C=O) groups is 1. The molecule has 32 heavy (non-hydrogen) atoms. The van der Waals surface area contributed by atoms with Crippen molar-refractivity contribution in [3.05, 3.63) is 46.9 Å². The predicted molar refractivity (Wildman–Crippen MR) is 126 cm³/mol. The minimum atomic E-state index is -0.937. The van der Waals surface area contributed by atoms with Crippen LogP contribution in [-0.2, 0) is 17.8 Å². The van der Waals surface area contributed by atoms with Crippen molar-refractivity contribution < 1.29 is 9.53 Å². The van der Waals surface area contributed by atoms with Crippen LogP contribution in [-0.4, -0.2) is 65.0 Å². The number of likely N-dealkylation sites (N-methyl/N-ethyl adjacent to an activating group) is 1. The lowest BCUT2D eigenvalue weighted by Gasteiger charge is -2.37. The van der Waals surface area contributed by atoms with Crippen LogP contribution < -0.4 is 10.1 Å². The summed E-state index contributed by atoms with van der Waals surface area (Å²) in [6, 6.07) is 7.84. The van der Waals surface area contributed by atoms with E-state index in [2.05, 4.69) is 17.3 Å². The Bertz CT molecular complexity index is 973. The van der Waals surface area contributed by atoms with Gasteiger partial charge in [-0.2, -0.15) is 0 Å². The number of nitrogens with one attached hydrogen (secondary N) is 1. The smallest absolute Gasteiger partial charge is 0.266 e. The molecular formula is C25H35N5O2. The first-order chi connectivity index (χ1) is 15.3. The van der Waals surface area contributed by atoms with Gasteiger partial charge in [-0.15, -0.1) is 0 Å². The summed E-state index contributed by atoms with van der Waals surface area (Å²) in [6.45, 7) is 8.97. The van der Waals surface area contributed by atoms with Crippen molar-refractivity contribution in [1.29, 1.82) is 0 Å². The Morgan fingerprint density at radius 2 is 2.06 bits per heavy atom. The molecule has 0 bridgehead atoms. The Kier molecular flexibility index (Phi) is 6.38. The van der Waals surface area contributed by atoms with Crippen molar-refractivity contribution in [2.24, 2.45) is 0 Å². The minimum Gasteiger partial charge on any atom is -0.478 e. The number of rotatable bonds is 5. The highest BCUT2D eigenvalue weighted by Crippen LogP contribution is 2.31. The van der Waals surface area contributed by atoms with Gasteiger partial charge in [-0.1, -0.05) is 12.1 Å². The molecule has 1 fully saturated rings. The molecule has 1 atom stereocenters. The van der Waals surface area contributed by atoms with E-state index in [4.69, 9.17) is 14.7 Å². The number of fused-ring (bicyclic) bond motifs is 1. The second-order valence-electron chi connectivity index (χ2n) is 9.61. The lowest BCUT2D eigenvalue weighted by atomic mass is 9.94. The molecular weight excluding hydrogens is 402 g/mol. The Morgan fingerprint density at radius 3 is 2.81 bits per heavy atom. The fraction of sp³-hybridized carbons (Fsp3) is 0.560. The molecule has 1 saturated heterocycles. The quantitative estimate of drug-likeness (QED) is 0.773. The van der Waals surface area contributed by atoms with Crippen molar-refractivity contribution in [2.45, 2.75) is 58.1 Å². The molecule has 0 saturated carbocycles. The first-order valence-corrected chi connectivity index (χ1v) is 11.6. The molecule has 3 heterocycles. The number of likely N-dealkylation sites (tertiary alicyclic amines) is 1. The summed E-state index contributed by atoms with van der Waals surface area (Å²) in [5, 5.41) is 3.27. The van der Waals surface area contributed by atoms with Crippen molar-refractivity contribution >= 4 is 11.7 Å². The number of carbonyl (C=O) groups excluding carboxylic acids is 1. The summed E-state index contributed by atoms with van der Waals surface area (Å²) in [4.78, 5) is 27.5. The van der Waals surface area contributed by atoms with E-state index in [0.717, 1.165) is 67.5 Å². The highest BCUT2D eigenvalue weighted by atomic mass is 16.5. The van der Waals surface area contributed by atoms with E-state index in [1.54, 1.807) is 0 Å². The fourth-order valence-corrected chi connectivity index (χ4v) is 4.73. The number of piperidine rings is 1. The van der Waals surface area contributed by atoms with Crippen molar-refractivity contribution in [1.82, 2.24) is 19.8 Å². The zero-order valence-corrected chi connectivity index (χ0v) is 19.9. The topological polar surface area (TPSA) is 70.6 Å². The van der Waals surface area contributed by atoms with E-state index in [1.807, 2.05) is 57.0 Å². The minimum absolute atomic E-state index is 0.0112. The molecule has 4 rings (SSSR count). The lowest BCUT2D eigenvalue weighted by Crippen LogP contribution is -2.51. The number of hydrogen-bond acceptors (Lipinski definition) is 6. The second kappa shape index (κ2) is 9.06. The number of ether oxygens (including phenoxy) is 1. The van der Waals surface area contributed by atoms with E-state index >= 15 is 0 Å². The molecule has 7 nitrogen and oxygen atoms in total. The zero-order chi connectivity index (χ0) is 22.9. The van der Waals surface area contributed by atoms with E-state index in [1.165, 1.54) is 5.56 Å². The summed E-state index contributed by atoms with van der Waals surface area (Å²) < 4.78 is 6.12. The molecule has 2 aliphatic rings. The Labute approximate surface area is 191 Å². The monoisotopic (exact) mass is 437 g/mol. The molecule has 1 amide bonds. The number of amides is 1. The van der Waals surface area contributed by atoms with Crippen LogP contribution in [0.2, 0.25) is 0 Å². The normalized spacial score (nSPS) is 19.4. The van der Waals surface area contributed by atoms with Gasteiger partial charge in [0.05, 0.1) is 5.69 Å². The molecule has 7 heteroatoms. The maximum atomic E-state index is 13.4. The Hall–Kier alpha value is -2.67. The average Bonchev–Trinajstić information content (AvgIpc) is 2.77. The van der Waals surface area contributed by atoms with E-state index in [0.29, 0.717) is 6.54 Å². The molecule has 0 spiro atoms. The standard InChI is InChI=1S/C25H35N5O2/c1-17-8-6-10-19(14-17)32-25(2,3)24(31)30-12-7-9-18(15-30)22-27-21-11-13-29(5)16-20(21)23(26-4)28-22/h6,8,10,14,18H,7,9,11-13,15-16H2,1-5H3,(H,26,27,28)/t18-/m1/s1. The van der Waals surface area contributed by atoms with Gasteiger partial charge in [0.15, 0.2) is 5.60 Å². The third-order valence-corrected chi connectivity index (χ3v) is 6.46. The van der Waals surface area contributed by atoms with Gasteiger partial charge in [-0.3, -0.25) is 4.79 Å². The molecule has 2 aliphatic heterocycles. The highest BCUT2D eigenvalue weighted by Gasteiger charge is 2.37. The van der Waals surface area contributed by atoms with Crippen LogP contribution in [0.1, 0.15) is 55.3 Å². The van der Waals surface area contributed by atoms with Gasteiger partial charge in [0.25, 0.3) is 5.91 Å². The lowest BCUT2D eigenvalue weighted by molar-refractivity contribution is -0.146. The zero-order valence-electron chi connectivity index (χ0n) is 19.9.